The highest BCUT2D eigenvalue weighted by molar-refractivity contribution is 7.98. The number of hydrogen-bond acceptors (Lipinski definition) is 10. The number of carbonyl (C=O) groups excluding carboxylic acids is 1. The van der Waals surface area contributed by atoms with Crippen LogP contribution in [0.25, 0.3) is 0 Å². The minimum absolute atomic E-state index is 0.00134. The zero-order valence-electron chi connectivity index (χ0n) is 24.0. The number of benzene rings is 1. The molecule has 0 unspecified atom stereocenters. The molecule has 0 fully saturated rings. The van der Waals surface area contributed by atoms with Crippen molar-refractivity contribution >= 4 is 32.0 Å². The first kappa shape index (κ1) is 32.6. The van der Waals surface area contributed by atoms with E-state index in [4.69, 9.17) is 18.8 Å². The van der Waals surface area contributed by atoms with Gasteiger partial charge in [-0.1, -0.05) is 25.9 Å². The number of rotatable bonds is 14. The van der Waals surface area contributed by atoms with Gasteiger partial charge < -0.3 is 34.3 Å². The fourth-order valence-corrected chi connectivity index (χ4v) is 5.62. The number of aliphatic hydroxyl groups is 2. The summed E-state index contributed by atoms with van der Waals surface area (Å²) in [7, 11) is -0.831. The summed E-state index contributed by atoms with van der Waals surface area (Å²) < 4.78 is 17.4. The number of ether oxygens (including phenoxy) is 1. The number of aromatic nitrogens is 2. The minimum atomic E-state index is -2.33. The van der Waals surface area contributed by atoms with Crippen molar-refractivity contribution in [1.29, 1.82) is 0 Å². The predicted octanol–water partition coefficient (Wildman–Crippen LogP) is 4.00. The largest absolute Gasteiger partial charge is 0.543 e. The Balaban J connectivity index is 2.37. The zero-order chi connectivity index (χ0) is 29.5. The molecule has 0 spiro atoms. The summed E-state index contributed by atoms with van der Waals surface area (Å²) in [5, 5.41) is 35.3. The highest BCUT2D eigenvalue weighted by Gasteiger charge is 2.40. The fourth-order valence-electron chi connectivity index (χ4n) is 3.51. The van der Waals surface area contributed by atoms with E-state index >= 15 is 0 Å². The average molecular weight is 584 g/mol. The van der Waals surface area contributed by atoms with Crippen molar-refractivity contribution in [2.24, 2.45) is 0 Å². The van der Waals surface area contributed by atoms with Gasteiger partial charge in [-0.2, -0.15) is 16.7 Å². The van der Waals surface area contributed by atoms with Crippen molar-refractivity contribution in [3.63, 3.8) is 0 Å². The molecule has 218 valence electrons. The lowest BCUT2D eigenvalue weighted by Gasteiger charge is -2.37. The number of carbonyl (C=O) groups is 2. The third kappa shape index (κ3) is 8.69. The Bertz CT molecular complexity index is 1150. The Kier molecular flexibility index (Phi) is 11.4. The first-order valence-electron chi connectivity index (χ1n) is 12.7. The van der Waals surface area contributed by atoms with Crippen LogP contribution in [0.2, 0.25) is 18.1 Å². The summed E-state index contributed by atoms with van der Waals surface area (Å²) in [5.74, 6) is 0.692. The molecule has 0 aliphatic heterocycles. The molecule has 2 rings (SSSR count). The summed E-state index contributed by atoms with van der Waals surface area (Å²) in [6, 6.07) is 1.11. The van der Waals surface area contributed by atoms with Crippen LogP contribution in [0.4, 0.5) is 0 Å². The third-order valence-electron chi connectivity index (χ3n) is 6.83. The summed E-state index contributed by atoms with van der Waals surface area (Å²) in [4.78, 5) is 29.2. The van der Waals surface area contributed by atoms with E-state index in [1.807, 2.05) is 0 Å². The third-order valence-corrected chi connectivity index (χ3v) is 12.2. The van der Waals surface area contributed by atoms with Crippen LogP contribution in [-0.4, -0.2) is 71.2 Å². The highest BCUT2D eigenvalue weighted by Crippen LogP contribution is 2.42. The van der Waals surface area contributed by atoms with Gasteiger partial charge in [0.1, 0.15) is 17.5 Å². The van der Waals surface area contributed by atoms with Crippen LogP contribution in [0.1, 0.15) is 72.9 Å². The van der Waals surface area contributed by atoms with Crippen LogP contribution in [0, 0.1) is 13.8 Å². The Morgan fingerprint density at radius 3 is 2.41 bits per heavy atom. The van der Waals surface area contributed by atoms with Crippen molar-refractivity contribution in [2.75, 3.05) is 19.5 Å². The number of carboxylic acids is 1. The van der Waals surface area contributed by atoms with Crippen LogP contribution in [0.3, 0.4) is 0 Å². The predicted molar refractivity (Wildman–Crippen MR) is 151 cm³/mol. The molecule has 1 aromatic carbocycles. The van der Waals surface area contributed by atoms with E-state index in [1.54, 1.807) is 19.9 Å². The molecular weight excluding hydrogens is 542 g/mol. The van der Waals surface area contributed by atoms with Gasteiger partial charge in [-0.15, -0.1) is 0 Å². The SMILES string of the molecule is COc1cc(O[Si](C)(C)C(C)(C)C)c(CSC[C@H](NC(=O)CC[C@@H](O)CO)c2nc(C)no2)c(C(=O)O)c1C. The molecule has 0 bridgehead atoms. The number of hydrogen-bond donors (Lipinski definition) is 4. The Morgan fingerprint density at radius 2 is 1.90 bits per heavy atom. The fraction of sp³-hybridized carbons (Fsp3) is 0.615. The topological polar surface area (TPSA) is 164 Å². The van der Waals surface area contributed by atoms with Gasteiger partial charge >= 0.3 is 5.97 Å². The second kappa shape index (κ2) is 13.6. The molecule has 2 aromatic rings. The molecule has 11 nitrogen and oxygen atoms in total. The van der Waals surface area contributed by atoms with E-state index in [9.17, 15) is 19.8 Å². The van der Waals surface area contributed by atoms with Crippen molar-refractivity contribution in [2.45, 2.75) is 83.5 Å². The molecule has 39 heavy (non-hydrogen) atoms. The van der Waals surface area contributed by atoms with Gasteiger partial charge in [-0.3, -0.25) is 4.79 Å². The van der Waals surface area contributed by atoms with E-state index in [-0.39, 0.29) is 41.0 Å². The van der Waals surface area contributed by atoms with Gasteiger partial charge in [0.2, 0.25) is 20.1 Å². The number of aromatic carboxylic acids is 1. The number of aryl methyl sites for hydroxylation is 1. The average Bonchev–Trinajstić information content (AvgIpc) is 3.28. The molecule has 2 atom stereocenters. The number of thioether (sulfide) groups is 1. The van der Waals surface area contributed by atoms with Crippen molar-refractivity contribution < 1.29 is 38.6 Å². The molecule has 1 amide bonds. The number of amides is 1. The summed E-state index contributed by atoms with van der Waals surface area (Å²) in [6.45, 7) is 13.4. The monoisotopic (exact) mass is 583 g/mol. The molecule has 0 aliphatic rings. The van der Waals surface area contributed by atoms with E-state index in [0.29, 0.717) is 34.2 Å². The standard InChI is InChI=1S/C26H41N3O8SSi/c1-15-20(35-6)11-21(37-39(7,8)26(3,4)5)18(23(15)25(33)34)13-38-14-19(24-27-16(2)29-36-24)28-22(32)10-9-17(31)12-30/h11,17,19,30-31H,9-10,12-14H2,1-8H3,(H,28,32)(H,33,34)/t17-,19+/m1/s1. The molecule has 1 heterocycles. The number of aliphatic hydroxyl groups excluding tert-OH is 2. The van der Waals surface area contributed by atoms with Crippen LogP contribution < -0.4 is 14.5 Å². The number of nitrogens with one attached hydrogen (secondary N) is 1. The minimum Gasteiger partial charge on any atom is -0.543 e. The molecule has 0 saturated heterocycles. The Labute approximate surface area is 234 Å². The van der Waals surface area contributed by atoms with Crippen molar-refractivity contribution in [1.82, 2.24) is 15.5 Å². The second-order valence-corrected chi connectivity index (χ2v) is 16.7. The highest BCUT2D eigenvalue weighted by atomic mass is 32.2. The molecule has 13 heteroatoms. The molecule has 0 radical (unpaired) electrons. The Morgan fingerprint density at radius 1 is 1.23 bits per heavy atom. The molecule has 1 aromatic heterocycles. The summed E-state index contributed by atoms with van der Waals surface area (Å²) in [6.07, 6.45) is -0.880. The lowest BCUT2D eigenvalue weighted by Crippen LogP contribution is -2.44. The molecule has 0 saturated carbocycles. The number of nitrogens with zero attached hydrogens (tertiary/aromatic N) is 2. The maximum Gasteiger partial charge on any atom is 0.336 e. The van der Waals surface area contributed by atoms with Crippen LogP contribution in [0.15, 0.2) is 10.6 Å². The van der Waals surface area contributed by atoms with E-state index in [2.05, 4.69) is 49.3 Å². The maximum absolute atomic E-state index is 12.5. The van der Waals surface area contributed by atoms with Crippen LogP contribution in [0.5, 0.6) is 11.5 Å². The first-order valence-corrected chi connectivity index (χ1v) is 16.8. The lowest BCUT2D eigenvalue weighted by atomic mass is 10.0. The van der Waals surface area contributed by atoms with Gasteiger partial charge in [0.05, 0.1) is 25.4 Å². The molecular formula is C26H41N3O8SSi. The van der Waals surface area contributed by atoms with E-state index in [0.717, 1.165) is 0 Å². The summed E-state index contributed by atoms with van der Waals surface area (Å²) >= 11 is 1.39. The second-order valence-electron chi connectivity index (χ2n) is 10.9. The summed E-state index contributed by atoms with van der Waals surface area (Å²) in [5.41, 5.74) is 1.17. The van der Waals surface area contributed by atoms with Crippen molar-refractivity contribution in [3.05, 3.63) is 34.5 Å². The normalized spacial score (nSPS) is 13.6. The molecule has 0 aliphatic carbocycles. The van der Waals surface area contributed by atoms with Crippen LogP contribution in [-0.2, 0) is 10.5 Å². The van der Waals surface area contributed by atoms with Gasteiger partial charge in [-0.05, 0) is 38.4 Å². The van der Waals surface area contributed by atoms with Gasteiger partial charge in [0, 0.05) is 35.1 Å². The molecule has 4 N–H and O–H groups in total. The van der Waals surface area contributed by atoms with Crippen LogP contribution >= 0.6 is 11.8 Å². The lowest BCUT2D eigenvalue weighted by molar-refractivity contribution is -0.122. The van der Waals surface area contributed by atoms with Gasteiger partial charge in [-0.25, -0.2) is 4.79 Å². The zero-order valence-corrected chi connectivity index (χ0v) is 25.8. The maximum atomic E-state index is 12.5. The smallest absolute Gasteiger partial charge is 0.336 e. The quantitative estimate of drug-likeness (QED) is 0.238. The van der Waals surface area contributed by atoms with E-state index in [1.165, 1.54) is 18.9 Å². The van der Waals surface area contributed by atoms with Gasteiger partial charge in [0.15, 0.2) is 5.82 Å². The van der Waals surface area contributed by atoms with E-state index < -0.39 is 33.0 Å². The first-order chi connectivity index (χ1) is 18.1. The number of carboxylic acid groups (broad SMARTS) is 1. The Hall–Kier alpha value is -2.61. The number of methoxy groups -OCH3 is 1. The van der Waals surface area contributed by atoms with Crippen molar-refractivity contribution in [3.8, 4) is 11.5 Å². The van der Waals surface area contributed by atoms with Gasteiger partial charge in [0.25, 0.3) is 0 Å².